The van der Waals surface area contributed by atoms with Gasteiger partial charge in [-0.3, -0.25) is 0 Å². The van der Waals surface area contributed by atoms with Crippen LogP contribution in [0.2, 0.25) is 0 Å². The largest absolute Gasteiger partial charge is 0.497 e. The fourth-order valence-corrected chi connectivity index (χ4v) is 6.25. The number of fused-ring (bicyclic) bond motifs is 3. The van der Waals surface area contributed by atoms with E-state index < -0.39 is 11.6 Å². The number of thiophene rings is 1. The van der Waals surface area contributed by atoms with E-state index in [1.807, 2.05) is 96.4 Å². The molecule has 0 aliphatic carbocycles. The molecule has 1 unspecified atom stereocenters. The van der Waals surface area contributed by atoms with Gasteiger partial charge >= 0.3 is 5.97 Å². The Morgan fingerprint density at radius 1 is 0.780 bits per heavy atom. The van der Waals surface area contributed by atoms with Crippen LogP contribution >= 0.6 is 11.3 Å². The van der Waals surface area contributed by atoms with Crippen LogP contribution in [-0.4, -0.2) is 34.4 Å². The van der Waals surface area contributed by atoms with Crippen LogP contribution in [0.4, 0.5) is 0 Å². The van der Waals surface area contributed by atoms with Crippen molar-refractivity contribution in [2.45, 2.75) is 5.60 Å². The van der Waals surface area contributed by atoms with E-state index in [1.54, 1.807) is 32.7 Å². The number of carbonyl (C=O) groups excluding carboxylic acids is 1. The van der Waals surface area contributed by atoms with Gasteiger partial charge in [0.25, 0.3) is 0 Å². The van der Waals surface area contributed by atoms with Gasteiger partial charge in [0.1, 0.15) is 11.5 Å². The molecular weight excluding hydrogens is 536 g/mol. The molecule has 0 spiro atoms. The first-order valence-electron chi connectivity index (χ1n) is 13.0. The summed E-state index contributed by atoms with van der Waals surface area (Å²) in [5, 5.41) is 3.56. The molecule has 6 rings (SSSR count). The third kappa shape index (κ3) is 4.30. The highest BCUT2D eigenvalue weighted by atomic mass is 32.1. The maximum Gasteiger partial charge on any atom is 0.339 e. The SMILES string of the molecule is COC(=O)c1c2c(c3cc(OC)c(OC)cc3c1-c1cccs1)OC(c1ccccc1)(c1ccc(OC)cc1)C=C2. The van der Waals surface area contributed by atoms with Gasteiger partial charge in [-0.15, -0.1) is 11.3 Å². The molecule has 6 nitrogen and oxygen atoms in total. The molecule has 0 radical (unpaired) electrons. The third-order valence-electron chi connectivity index (χ3n) is 7.43. The molecule has 1 aliphatic rings. The Hall–Kier alpha value is -4.75. The van der Waals surface area contributed by atoms with Crippen molar-refractivity contribution >= 4 is 34.2 Å². The molecule has 0 saturated heterocycles. The van der Waals surface area contributed by atoms with E-state index in [0.717, 1.165) is 38.1 Å². The number of esters is 1. The number of rotatable bonds is 7. The molecular formula is C34H28O6S. The lowest BCUT2D eigenvalue weighted by molar-refractivity contribution is 0.0600. The molecule has 7 heteroatoms. The van der Waals surface area contributed by atoms with Crippen molar-refractivity contribution in [1.82, 2.24) is 0 Å². The average molecular weight is 565 g/mol. The summed E-state index contributed by atoms with van der Waals surface area (Å²) in [5.74, 6) is 1.94. The molecule has 4 aromatic carbocycles. The minimum absolute atomic E-state index is 0.428. The molecule has 5 aromatic rings. The van der Waals surface area contributed by atoms with Gasteiger partial charge in [0, 0.05) is 32.5 Å². The second-order valence-corrected chi connectivity index (χ2v) is 10.4. The summed E-state index contributed by atoms with van der Waals surface area (Å²) < 4.78 is 29.3. The van der Waals surface area contributed by atoms with Crippen LogP contribution < -0.4 is 18.9 Å². The van der Waals surface area contributed by atoms with Crippen molar-refractivity contribution in [3.8, 4) is 33.4 Å². The van der Waals surface area contributed by atoms with Crippen LogP contribution in [0.15, 0.2) is 90.3 Å². The Labute approximate surface area is 242 Å². The third-order valence-corrected chi connectivity index (χ3v) is 8.32. The molecule has 0 bridgehead atoms. The molecule has 2 heterocycles. The molecule has 1 aromatic heterocycles. The Morgan fingerprint density at radius 2 is 1.46 bits per heavy atom. The van der Waals surface area contributed by atoms with Gasteiger partial charge in [-0.1, -0.05) is 48.5 Å². The number of carbonyl (C=O) groups is 1. The van der Waals surface area contributed by atoms with Gasteiger partial charge in [0.05, 0.1) is 34.0 Å². The normalized spacial score (nSPS) is 15.6. The Bertz CT molecular complexity index is 1760. The summed E-state index contributed by atoms with van der Waals surface area (Å²) in [6, 6.07) is 25.6. The summed E-state index contributed by atoms with van der Waals surface area (Å²) >= 11 is 1.55. The van der Waals surface area contributed by atoms with E-state index in [4.69, 9.17) is 23.7 Å². The van der Waals surface area contributed by atoms with Gasteiger partial charge in [-0.05, 0) is 53.3 Å². The first-order valence-corrected chi connectivity index (χ1v) is 13.9. The van der Waals surface area contributed by atoms with E-state index >= 15 is 0 Å². The molecule has 206 valence electrons. The summed E-state index contributed by atoms with van der Waals surface area (Å²) in [4.78, 5) is 14.4. The summed E-state index contributed by atoms with van der Waals surface area (Å²) in [7, 11) is 6.23. The zero-order chi connectivity index (χ0) is 28.6. The fourth-order valence-electron chi connectivity index (χ4n) is 5.46. The van der Waals surface area contributed by atoms with Gasteiger partial charge in [0.15, 0.2) is 17.1 Å². The minimum atomic E-state index is -0.988. The van der Waals surface area contributed by atoms with Crippen LogP contribution in [-0.2, 0) is 10.3 Å². The molecule has 1 atom stereocenters. The lowest BCUT2D eigenvalue weighted by Crippen LogP contribution is -2.34. The first-order chi connectivity index (χ1) is 20.0. The maximum absolute atomic E-state index is 13.5. The molecule has 0 amide bonds. The molecule has 0 saturated carbocycles. The number of benzene rings is 4. The number of methoxy groups -OCH3 is 4. The number of ether oxygens (including phenoxy) is 5. The summed E-state index contributed by atoms with van der Waals surface area (Å²) in [6.45, 7) is 0. The van der Waals surface area contributed by atoms with Crippen molar-refractivity contribution in [1.29, 1.82) is 0 Å². The number of hydrogen-bond donors (Lipinski definition) is 0. The van der Waals surface area contributed by atoms with Crippen molar-refractivity contribution in [2.75, 3.05) is 28.4 Å². The lowest BCUT2D eigenvalue weighted by atomic mass is 9.81. The summed E-state index contributed by atoms with van der Waals surface area (Å²) in [5.41, 5.74) is 2.67. The van der Waals surface area contributed by atoms with E-state index in [2.05, 4.69) is 0 Å². The van der Waals surface area contributed by atoms with Gasteiger partial charge in [0.2, 0.25) is 0 Å². The second kappa shape index (κ2) is 10.7. The van der Waals surface area contributed by atoms with Crippen molar-refractivity contribution in [3.05, 3.63) is 113 Å². The highest BCUT2D eigenvalue weighted by Gasteiger charge is 2.40. The zero-order valence-corrected chi connectivity index (χ0v) is 23.9. The first kappa shape index (κ1) is 26.5. The second-order valence-electron chi connectivity index (χ2n) is 9.48. The molecule has 41 heavy (non-hydrogen) atoms. The highest BCUT2D eigenvalue weighted by molar-refractivity contribution is 7.13. The fraction of sp³-hybridized carbons (Fsp3) is 0.147. The van der Waals surface area contributed by atoms with Crippen molar-refractivity contribution in [2.24, 2.45) is 0 Å². The molecule has 1 aliphatic heterocycles. The van der Waals surface area contributed by atoms with Crippen LogP contribution in [0.25, 0.3) is 27.3 Å². The maximum atomic E-state index is 13.5. The minimum Gasteiger partial charge on any atom is -0.497 e. The standard InChI is InChI=1S/C34H28O6S/c1-36-23-14-12-22(13-15-23)34(21-9-6-5-7-10-21)17-16-24-31(33(35)39-4)30(29-11-8-18-41-29)25-19-27(37-2)28(38-3)20-26(25)32(24)40-34/h5-20H,1-4H3. The summed E-state index contributed by atoms with van der Waals surface area (Å²) in [6.07, 6.45) is 3.97. The van der Waals surface area contributed by atoms with Gasteiger partial charge in [-0.25, -0.2) is 4.79 Å². The van der Waals surface area contributed by atoms with Gasteiger partial charge < -0.3 is 23.7 Å². The molecule has 0 fully saturated rings. The van der Waals surface area contributed by atoms with Crippen LogP contribution in [0.1, 0.15) is 27.0 Å². The Balaban J connectivity index is 1.73. The van der Waals surface area contributed by atoms with Crippen LogP contribution in [0, 0.1) is 0 Å². The van der Waals surface area contributed by atoms with Crippen LogP contribution in [0.5, 0.6) is 23.0 Å². The van der Waals surface area contributed by atoms with Crippen molar-refractivity contribution in [3.63, 3.8) is 0 Å². The Kier molecular flexibility index (Phi) is 6.89. The van der Waals surface area contributed by atoms with E-state index in [0.29, 0.717) is 28.4 Å². The van der Waals surface area contributed by atoms with E-state index in [1.165, 1.54) is 7.11 Å². The molecule has 0 N–H and O–H groups in total. The Morgan fingerprint density at radius 3 is 2.07 bits per heavy atom. The number of hydrogen-bond acceptors (Lipinski definition) is 7. The quantitative estimate of drug-likeness (QED) is 0.189. The van der Waals surface area contributed by atoms with Crippen LogP contribution in [0.3, 0.4) is 0 Å². The van der Waals surface area contributed by atoms with E-state index in [9.17, 15) is 4.79 Å². The van der Waals surface area contributed by atoms with Gasteiger partial charge in [-0.2, -0.15) is 0 Å². The zero-order valence-electron chi connectivity index (χ0n) is 23.1. The smallest absolute Gasteiger partial charge is 0.339 e. The predicted molar refractivity (Wildman–Crippen MR) is 162 cm³/mol. The van der Waals surface area contributed by atoms with E-state index in [-0.39, 0.29) is 0 Å². The average Bonchev–Trinajstić information content (AvgIpc) is 3.58. The topological polar surface area (TPSA) is 63.2 Å². The lowest BCUT2D eigenvalue weighted by Gasteiger charge is -2.37. The van der Waals surface area contributed by atoms with Crippen molar-refractivity contribution < 1.29 is 28.5 Å². The highest BCUT2D eigenvalue weighted by Crippen LogP contribution is 2.52. The monoisotopic (exact) mass is 564 g/mol. The predicted octanol–water partition coefficient (Wildman–Crippen LogP) is 7.73.